The van der Waals surface area contributed by atoms with Crippen LogP contribution in [-0.4, -0.2) is 16.1 Å². The number of carboxylic acids is 1. The van der Waals surface area contributed by atoms with Crippen LogP contribution in [0.4, 0.5) is 11.5 Å². The Kier molecular flexibility index (Phi) is 4.94. The number of aromatic nitrogens is 1. The molecule has 0 aliphatic heterocycles. The Morgan fingerprint density at radius 3 is 2.80 bits per heavy atom. The summed E-state index contributed by atoms with van der Waals surface area (Å²) < 4.78 is 1.11. The zero-order chi connectivity index (χ0) is 14.5. The Morgan fingerprint density at radius 1 is 1.35 bits per heavy atom. The van der Waals surface area contributed by atoms with Gasteiger partial charge in [-0.15, -0.1) is 0 Å². The van der Waals surface area contributed by atoms with Crippen molar-refractivity contribution in [3.63, 3.8) is 0 Å². The Hall–Kier alpha value is -1.63. The van der Waals surface area contributed by atoms with E-state index in [1.54, 1.807) is 12.1 Å². The largest absolute Gasteiger partial charge is 0.478 e. The van der Waals surface area contributed by atoms with Gasteiger partial charge in [0.1, 0.15) is 5.82 Å². The molecule has 2 aromatic rings. The van der Waals surface area contributed by atoms with Crippen LogP contribution in [0.1, 0.15) is 29.4 Å². The summed E-state index contributed by atoms with van der Waals surface area (Å²) in [5, 5.41) is 12.3. The number of halogens is 1. The molecule has 0 unspecified atom stereocenters. The third kappa shape index (κ3) is 3.93. The molecule has 1 aromatic carbocycles. The molecule has 0 atom stereocenters. The van der Waals surface area contributed by atoms with Gasteiger partial charge in [0.05, 0.1) is 5.56 Å². The van der Waals surface area contributed by atoms with Gasteiger partial charge in [-0.2, -0.15) is 0 Å². The van der Waals surface area contributed by atoms with Crippen LogP contribution in [0.15, 0.2) is 36.4 Å². The van der Waals surface area contributed by atoms with Gasteiger partial charge in [-0.05, 0) is 59.3 Å². The number of nitrogens with one attached hydrogen (secondary N) is 1. The van der Waals surface area contributed by atoms with Crippen molar-refractivity contribution in [1.29, 1.82) is 0 Å². The smallest absolute Gasteiger partial charge is 0.335 e. The van der Waals surface area contributed by atoms with E-state index in [1.807, 2.05) is 31.2 Å². The van der Waals surface area contributed by atoms with Gasteiger partial charge in [0.25, 0.3) is 0 Å². The summed E-state index contributed by atoms with van der Waals surface area (Å²) >= 11 is 2.23. The Morgan fingerprint density at radius 2 is 2.15 bits per heavy atom. The summed E-state index contributed by atoms with van der Waals surface area (Å²) in [7, 11) is 0. The number of hydrogen-bond acceptors (Lipinski definition) is 3. The van der Waals surface area contributed by atoms with Crippen molar-refractivity contribution in [2.45, 2.75) is 19.8 Å². The normalized spacial score (nSPS) is 10.3. The van der Waals surface area contributed by atoms with Gasteiger partial charge in [-0.1, -0.05) is 19.4 Å². The number of benzene rings is 1. The number of carboxylic acid groups (broad SMARTS) is 1. The standard InChI is InChI=1S/C15H15IN2O2/c1-2-4-12-7-10(15(19)20)8-14(17-12)18-13-6-3-5-11(16)9-13/h3,5-9H,2,4H2,1H3,(H,17,18)(H,19,20). The van der Waals surface area contributed by atoms with E-state index < -0.39 is 5.97 Å². The van der Waals surface area contributed by atoms with Gasteiger partial charge < -0.3 is 10.4 Å². The van der Waals surface area contributed by atoms with E-state index in [4.69, 9.17) is 5.11 Å². The van der Waals surface area contributed by atoms with Gasteiger partial charge >= 0.3 is 5.97 Å². The summed E-state index contributed by atoms with van der Waals surface area (Å²) in [5.74, 6) is -0.370. The predicted molar refractivity (Wildman–Crippen MR) is 87.6 cm³/mol. The van der Waals surface area contributed by atoms with Gasteiger partial charge in [-0.25, -0.2) is 9.78 Å². The van der Waals surface area contributed by atoms with Crippen molar-refractivity contribution in [2.24, 2.45) is 0 Å². The molecule has 1 heterocycles. The summed E-state index contributed by atoms with van der Waals surface area (Å²) in [5.41, 5.74) is 1.95. The molecule has 5 heteroatoms. The van der Waals surface area contributed by atoms with Crippen molar-refractivity contribution in [3.05, 3.63) is 51.2 Å². The molecule has 0 bridgehead atoms. The van der Waals surface area contributed by atoms with Gasteiger partial charge in [-0.3, -0.25) is 0 Å². The van der Waals surface area contributed by atoms with Gasteiger partial charge in [0.2, 0.25) is 0 Å². The molecule has 0 radical (unpaired) electrons. The fraction of sp³-hybridized carbons (Fsp3) is 0.200. The van der Waals surface area contributed by atoms with Crippen LogP contribution in [0.2, 0.25) is 0 Å². The fourth-order valence-electron chi connectivity index (χ4n) is 1.87. The third-order valence-corrected chi connectivity index (χ3v) is 3.40. The minimum absolute atomic E-state index is 0.261. The second-order valence-corrected chi connectivity index (χ2v) is 5.67. The highest BCUT2D eigenvalue weighted by atomic mass is 127. The molecule has 104 valence electrons. The maximum Gasteiger partial charge on any atom is 0.335 e. The summed E-state index contributed by atoms with van der Waals surface area (Å²) in [6.45, 7) is 2.04. The average Bonchev–Trinajstić information content (AvgIpc) is 2.38. The maximum atomic E-state index is 11.2. The lowest BCUT2D eigenvalue weighted by Gasteiger charge is -2.09. The first-order valence-corrected chi connectivity index (χ1v) is 7.43. The molecular weight excluding hydrogens is 367 g/mol. The molecule has 0 fully saturated rings. The molecule has 0 aliphatic carbocycles. The van der Waals surface area contributed by atoms with E-state index in [0.717, 1.165) is 27.8 Å². The van der Waals surface area contributed by atoms with Gasteiger partial charge in [0, 0.05) is 15.0 Å². The summed E-state index contributed by atoms with van der Waals surface area (Å²) in [6, 6.07) is 11.0. The maximum absolute atomic E-state index is 11.2. The first-order valence-electron chi connectivity index (χ1n) is 6.35. The van der Waals surface area contributed by atoms with E-state index in [0.29, 0.717) is 5.82 Å². The van der Waals surface area contributed by atoms with E-state index in [-0.39, 0.29) is 5.56 Å². The van der Waals surface area contributed by atoms with Crippen LogP contribution < -0.4 is 5.32 Å². The van der Waals surface area contributed by atoms with E-state index >= 15 is 0 Å². The molecule has 0 aliphatic rings. The Bertz CT molecular complexity index is 629. The lowest BCUT2D eigenvalue weighted by Crippen LogP contribution is -2.03. The molecule has 0 amide bonds. The zero-order valence-corrected chi connectivity index (χ0v) is 13.2. The van der Waals surface area contributed by atoms with E-state index in [1.165, 1.54) is 0 Å². The second kappa shape index (κ2) is 6.69. The molecule has 1 aromatic heterocycles. The quantitative estimate of drug-likeness (QED) is 0.765. The SMILES string of the molecule is CCCc1cc(C(=O)O)cc(Nc2cccc(I)c2)n1. The second-order valence-electron chi connectivity index (χ2n) is 4.42. The molecule has 4 nitrogen and oxygen atoms in total. The number of anilines is 2. The number of carbonyl (C=O) groups is 1. The minimum Gasteiger partial charge on any atom is -0.478 e. The minimum atomic E-state index is -0.935. The average molecular weight is 382 g/mol. The van der Waals surface area contributed by atoms with Crippen LogP contribution in [0.3, 0.4) is 0 Å². The van der Waals surface area contributed by atoms with Crippen LogP contribution in [0.25, 0.3) is 0 Å². The highest BCUT2D eigenvalue weighted by Gasteiger charge is 2.08. The highest BCUT2D eigenvalue weighted by molar-refractivity contribution is 14.1. The number of pyridine rings is 1. The number of aromatic carboxylic acids is 1. The van der Waals surface area contributed by atoms with Crippen molar-refractivity contribution < 1.29 is 9.90 Å². The fourth-order valence-corrected chi connectivity index (χ4v) is 2.42. The molecule has 2 rings (SSSR count). The third-order valence-electron chi connectivity index (χ3n) is 2.73. The van der Waals surface area contributed by atoms with Crippen LogP contribution in [-0.2, 0) is 6.42 Å². The number of rotatable bonds is 5. The zero-order valence-electron chi connectivity index (χ0n) is 11.1. The van der Waals surface area contributed by atoms with Crippen LogP contribution in [0.5, 0.6) is 0 Å². The van der Waals surface area contributed by atoms with Gasteiger partial charge in [0.15, 0.2) is 0 Å². The summed E-state index contributed by atoms with van der Waals surface area (Å²) in [6.07, 6.45) is 1.70. The first-order chi connectivity index (χ1) is 9.58. The Balaban J connectivity index is 2.32. The van der Waals surface area contributed by atoms with Crippen LogP contribution in [0, 0.1) is 3.57 Å². The highest BCUT2D eigenvalue weighted by Crippen LogP contribution is 2.19. The lowest BCUT2D eigenvalue weighted by atomic mass is 10.1. The molecule has 0 saturated carbocycles. The number of nitrogens with zero attached hydrogens (tertiary/aromatic N) is 1. The molecular formula is C15H15IN2O2. The van der Waals surface area contributed by atoms with Crippen molar-refractivity contribution in [2.75, 3.05) is 5.32 Å². The molecule has 20 heavy (non-hydrogen) atoms. The Labute approximate surface area is 131 Å². The summed E-state index contributed by atoms with van der Waals surface area (Å²) in [4.78, 5) is 15.6. The lowest BCUT2D eigenvalue weighted by molar-refractivity contribution is 0.0696. The molecule has 0 saturated heterocycles. The molecule has 2 N–H and O–H groups in total. The molecule has 0 spiro atoms. The predicted octanol–water partition coefficient (Wildman–Crippen LogP) is 4.08. The van der Waals surface area contributed by atoms with Crippen molar-refractivity contribution >= 4 is 40.1 Å². The first kappa shape index (κ1) is 14.8. The number of aryl methyl sites for hydroxylation is 1. The van der Waals surface area contributed by atoms with E-state index in [9.17, 15) is 4.79 Å². The number of hydrogen-bond donors (Lipinski definition) is 2. The van der Waals surface area contributed by atoms with E-state index in [2.05, 4.69) is 32.9 Å². The topological polar surface area (TPSA) is 62.2 Å². The van der Waals surface area contributed by atoms with Crippen LogP contribution >= 0.6 is 22.6 Å². The monoisotopic (exact) mass is 382 g/mol. The van der Waals surface area contributed by atoms with Crippen molar-refractivity contribution in [3.8, 4) is 0 Å². The van der Waals surface area contributed by atoms with Crippen molar-refractivity contribution in [1.82, 2.24) is 4.98 Å².